The monoisotopic (exact) mass is 436 g/mol. The highest BCUT2D eigenvalue weighted by molar-refractivity contribution is 5.87. The summed E-state index contributed by atoms with van der Waals surface area (Å²) in [6, 6.07) is 4.51. The lowest BCUT2D eigenvalue weighted by Gasteiger charge is -2.43. The Morgan fingerprint density at radius 2 is 1.84 bits per heavy atom. The number of hydrogen-bond donors (Lipinski definition) is 3. The Kier molecular flexibility index (Phi) is 7.53. The van der Waals surface area contributed by atoms with E-state index in [1.807, 2.05) is 0 Å². The van der Waals surface area contributed by atoms with Crippen LogP contribution in [0.3, 0.4) is 0 Å². The standard InChI is InChI=1S/C22H28O9/c1-12(23)29-20-18(26)19(14-5-3-4-6-14)31-22(27)21(20)30-17(25)10-8-13-7-9-15(24)16(11-13)28-2/h7-11,14,18-22,24,26-27H,3-6H2,1-2H3. The van der Waals surface area contributed by atoms with Gasteiger partial charge < -0.3 is 34.3 Å². The smallest absolute Gasteiger partial charge is 0.331 e. The maximum atomic E-state index is 12.3. The molecule has 1 aromatic carbocycles. The van der Waals surface area contributed by atoms with Crippen molar-refractivity contribution in [1.29, 1.82) is 0 Å². The molecule has 5 atom stereocenters. The predicted molar refractivity (Wildman–Crippen MR) is 108 cm³/mol. The Morgan fingerprint density at radius 3 is 2.48 bits per heavy atom. The van der Waals surface area contributed by atoms with E-state index in [-0.39, 0.29) is 17.4 Å². The minimum atomic E-state index is -1.55. The zero-order valence-electron chi connectivity index (χ0n) is 17.5. The van der Waals surface area contributed by atoms with Gasteiger partial charge in [0.2, 0.25) is 0 Å². The highest BCUT2D eigenvalue weighted by atomic mass is 16.7. The Bertz CT molecular complexity index is 815. The number of rotatable bonds is 6. The number of benzene rings is 1. The van der Waals surface area contributed by atoms with E-state index >= 15 is 0 Å². The third kappa shape index (κ3) is 5.55. The molecule has 9 nitrogen and oxygen atoms in total. The molecule has 1 aliphatic heterocycles. The molecule has 170 valence electrons. The van der Waals surface area contributed by atoms with Gasteiger partial charge in [-0.15, -0.1) is 0 Å². The van der Waals surface area contributed by atoms with Crippen LogP contribution in [-0.2, 0) is 23.8 Å². The summed E-state index contributed by atoms with van der Waals surface area (Å²) >= 11 is 0. The summed E-state index contributed by atoms with van der Waals surface area (Å²) in [4.78, 5) is 23.9. The number of esters is 2. The maximum absolute atomic E-state index is 12.3. The van der Waals surface area contributed by atoms with Crippen molar-refractivity contribution in [3.63, 3.8) is 0 Å². The first-order valence-electron chi connectivity index (χ1n) is 10.2. The van der Waals surface area contributed by atoms with Crippen LogP contribution in [0.15, 0.2) is 24.3 Å². The zero-order valence-corrected chi connectivity index (χ0v) is 17.5. The van der Waals surface area contributed by atoms with E-state index in [2.05, 4.69) is 0 Å². The van der Waals surface area contributed by atoms with Gasteiger partial charge in [-0.05, 0) is 42.5 Å². The first kappa shape index (κ1) is 23.1. The van der Waals surface area contributed by atoms with Gasteiger partial charge in [-0.1, -0.05) is 18.9 Å². The van der Waals surface area contributed by atoms with Crippen molar-refractivity contribution in [1.82, 2.24) is 0 Å². The molecule has 0 amide bonds. The van der Waals surface area contributed by atoms with Crippen molar-refractivity contribution in [2.24, 2.45) is 5.92 Å². The SMILES string of the molecule is COc1cc(C=CC(=O)OC2C(O)OC(C3CCCC3)C(O)C2OC(C)=O)ccc1O. The Labute approximate surface area is 180 Å². The fraction of sp³-hybridized carbons (Fsp3) is 0.545. The summed E-state index contributed by atoms with van der Waals surface area (Å²) in [7, 11) is 1.40. The summed E-state index contributed by atoms with van der Waals surface area (Å²) in [5.41, 5.74) is 0.560. The number of phenolic OH excluding ortho intramolecular Hbond substituents is 1. The molecule has 9 heteroatoms. The molecular weight excluding hydrogens is 408 g/mol. The summed E-state index contributed by atoms with van der Waals surface area (Å²) in [6.45, 7) is 1.18. The van der Waals surface area contributed by atoms with Gasteiger partial charge in [-0.2, -0.15) is 0 Å². The number of aromatic hydroxyl groups is 1. The van der Waals surface area contributed by atoms with Gasteiger partial charge in [-0.3, -0.25) is 4.79 Å². The minimum absolute atomic E-state index is 0.0312. The highest BCUT2D eigenvalue weighted by Crippen LogP contribution is 2.36. The quantitative estimate of drug-likeness (QED) is 0.449. The second-order valence-electron chi connectivity index (χ2n) is 7.77. The zero-order chi connectivity index (χ0) is 22.5. The van der Waals surface area contributed by atoms with E-state index in [4.69, 9.17) is 18.9 Å². The fourth-order valence-corrected chi connectivity index (χ4v) is 4.13. The van der Waals surface area contributed by atoms with Crippen LogP contribution >= 0.6 is 0 Å². The molecule has 2 aliphatic rings. The van der Waals surface area contributed by atoms with Crippen LogP contribution < -0.4 is 4.74 Å². The van der Waals surface area contributed by atoms with Gasteiger partial charge in [-0.25, -0.2) is 4.79 Å². The van der Waals surface area contributed by atoms with Crippen molar-refractivity contribution < 1.29 is 43.9 Å². The number of methoxy groups -OCH3 is 1. The predicted octanol–water partition coefficient (Wildman–Crippen LogP) is 1.53. The Hall–Kier alpha value is -2.62. The third-order valence-corrected chi connectivity index (χ3v) is 5.61. The Balaban J connectivity index is 1.71. The molecule has 0 radical (unpaired) electrons. The van der Waals surface area contributed by atoms with Crippen LogP contribution in [0.1, 0.15) is 38.2 Å². The highest BCUT2D eigenvalue weighted by Gasteiger charge is 2.51. The van der Waals surface area contributed by atoms with Crippen LogP contribution in [0.4, 0.5) is 0 Å². The molecule has 31 heavy (non-hydrogen) atoms. The van der Waals surface area contributed by atoms with Crippen molar-refractivity contribution in [3.8, 4) is 11.5 Å². The van der Waals surface area contributed by atoms with E-state index in [0.29, 0.717) is 5.56 Å². The Morgan fingerprint density at radius 1 is 1.13 bits per heavy atom. The average Bonchev–Trinajstić information content (AvgIpc) is 3.26. The van der Waals surface area contributed by atoms with Gasteiger partial charge in [0.25, 0.3) is 0 Å². The summed E-state index contributed by atoms with van der Waals surface area (Å²) in [6.07, 6.45) is 0.0707. The molecular formula is C22H28O9. The number of ether oxygens (including phenoxy) is 4. The van der Waals surface area contributed by atoms with Gasteiger partial charge in [0.1, 0.15) is 6.10 Å². The molecule has 5 unspecified atom stereocenters. The summed E-state index contributed by atoms with van der Waals surface area (Å²) in [5.74, 6) is -1.27. The molecule has 1 aromatic rings. The fourth-order valence-electron chi connectivity index (χ4n) is 4.13. The minimum Gasteiger partial charge on any atom is -0.504 e. The number of carbonyl (C=O) groups excluding carboxylic acids is 2. The lowest BCUT2D eigenvalue weighted by Crippen LogP contribution is -2.61. The molecule has 1 aliphatic carbocycles. The first-order valence-corrected chi connectivity index (χ1v) is 10.2. The third-order valence-electron chi connectivity index (χ3n) is 5.61. The van der Waals surface area contributed by atoms with E-state index in [1.54, 1.807) is 6.07 Å². The van der Waals surface area contributed by atoms with Crippen LogP contribution in [0.25, 0.3) is 6.08 Å². The number of aliphatic hydroxyl groups is 2. The molecule has 3 N–H and O–H groups in total. The van der Waals surface area contributed by atoms with Crippen LogP contribution in [0.5, 0.6) is 11.5 Å². The average molecular weight is 436 g/mol. The second-order valence-corrected chi connectivity index (χ2v) is 7.77. The van der Waals surface area contributed by atoms with Crippen molar-refractivity contribution in [2.75, 3.05) is 7.11 Å². The van der Waals surface area contributed by atoms with Gasteiger partial charge in [0.15, 0.2) is 30.0 Å². The van der Waals surface area contributed by atoms with Crippen molar-refractivity contribution in [2.45, 2.75) is 63.3 Å². The van der Waals surface area contributed by atoms with E-state index in [1.165, 1.54) is 32.2 Å². The van der Waals surface area contributed by atoms with Crippen molar-refractivity contribution in [3.05, 3.63) is 29.8 Å². The van der Waals surface area contributed by atoms with Gasteiger partial charge >= 0.3 is 11.9 Å². The summed E-state index contributed by atoms with van der Waals surface area (Å²) < 4.78 is 21.1. The molecule has 0 bridgehead atoms. The van der Waals surface area contributed by atoms with Crippen LogP contribution in [0.2, 0.25) is 0 Å². The van der Waals surface area contributed by atoms with E-state index < -0.39 is 42.6 Å². The molecule has 1 saturated carbocycles. The topological polar surface area (TPSA) is 132 Å². The number of phenols is 1. The van der Waals surface area contributed by atoms with E-state index in [9.17, 15) is 24.9 Å². The van der Waals surface area contributed by atoms with Crippen molar-refractivity contribution >= 4 is 18.0 Å². The first-order chi connectivity index (χ1) is 14.8. The van der Waals surface area contributed by atoms with Crippen LogP contribution in [-0.4, -0.2) is 65.1 Å². The molecule has 0 spiro atoms. The largest absolute Gasteiger partial charge is 0.504 e. The molecule has 1 saturated heterocycles. The molecule has 1 heterocycles. The number of hydrogen-bond acceptors (Lipinski definition) is 9. The summed E-state index contributed by atoms with van der Waals surface area (Å²) in [5, 5.41) is 30.9. The van der Waals surface area contributed by atoms with Gasteiger partial charge in [0.05, 0.1) is 13.2 Å². The lowest BCUT2D eigenvalue weighted by molar-refractivity contribution is -0.296. The lowest BCUT2D eigenvalue weighted by atomic mass is 9.88. The second kappa shape index (κ2) is 10.1. The normalized spacial score (nSPS) is 29.1. The van der Waals surface area contributed by atoms with E-state index in [0.717, 1.165) is 31.8 Å². The number of aliphatic hydroxyl groups excluding tert-OH is 2. The van der Waals surface area contributed by atoms with Gasteiger partial charge in [0, 0.05) is 13.0 Å². The molecule has 0 aromatic heterocycles. The molecule has 3 rings (SSSR count). The van der Waals surface area contributed by atoms with Crippen LogP contribution in [0, 0.1) is 5.92 Å². The number of carbonyl (C=O) groups is 2. The maximum Gasteiger partial charge on any atom is 0.331 e. The molecule has 2 fully saturated rings.